The number of amides is 1. The van der Waals surface area contributed by atoms with Crippen molar-refractivity contribution in [2.45, 2.75) is 45.4 Å². The zero-order chi connectivity index (χ0) is 17.2. The van der Waals surface area contributed by atoms with Crippen LogP contribution < -0.4 is 20.1 Å². The summed E-state index contributed by atoms with van der Waals surface area (Å²) in [6, 6.07) is 5.53. The molecule has 2 N–H and O–H groups in total. The number of unbranched alkanes of at least 4 members (excludes halogenated alkanes) is 1. The molecule has 0 bridgehead atoms. The second-order valence-electron chi connectivity index (χ2n) is 6.34. The molecule has 5 nitrogen and oxygen atoms in total. The van der Waals surface area contributed by atoms with Gasteiger partial charge in [0.05, 0.1) is 19.4 Å². The highest BCUT2D eigenvalue weighted by molar-refractivity contribution is 5.92. The van der Waals surface area contributed by atoms with Gasteiger partial charge in [-0.3, -0.25) is 4.79 Å². The van der Waals surface area contributed by atoms with Gasteiger partial charge in [-0.2, -0.15) is 0 Å². The van der Waals surface area contributed by atoms with Crippen molar-refractivity contribution in [2.24, 2.45) is 5.92 Å². The maximum atomic E-state index is 12.3. The molecule has 6 heteroatoms. The van der Waals surface area contributed by atoms with E-state index in [4.69, 9.17) is 9.47 Å². The Morgan fingerprint density at radius 1 is 1.32 bits per heavy atom. The van der Waals surface area contributed by atoms with Gasteiger partial charge in [0, 0.05) is 12.5 Å². The minimum absolute atomic E-state index is 0. The normalized spacial score (nSPS) is 14.5. The van der Waals surface area contributed by atoms with Crippen LogP contribution in [0.5, 0.6) is 11.5 Å². The molecule has 1 aromatic carbocycles. The molecule has 1 saturated heterocycles. The predicted molar refractivity (Wildman–Crippen MR) is 104 cm³/mol. The van der Waals surface area contributed by atoms with Crippen LogP contribution in [-0.2, 0) is 4.79 Å². The zero-order valence-corrected chi connectivity index (χ0v) is 16.1. The van der Waals surface area contributed by atoms with E-state index >= 15 is 0 Å². The average Bonchev–Trinajstić information content (AvgIpc) is 2.62. The smallest absolute Gasteiger partial charge is 0.224 e. The highest BCUT2D eigenvalue weighted by atomic mass is 35.5. The lowest BCUT2D eigenvalue weighted by Crippen LogP contribution is -2.28. The van der Waals surface area contributed by atoms with E-state index in [1.807, 2.05) is 18.2 Å². The Labute approximate surface area is 157 Å². The van der Waals surface area contributed by atoms with Crippen molar-refractivity contribution in [1.29, 1.82) is 0 Å². The van der Waals surface area contributed by atoms with Gasteiger partial charge in [0.2, 0.25) is 5.91 Å². The van der Waals surface area contributed by atoms with Gasteiger partial charge in [-0.25, -0.2) is 0 Å². The topological polar surface area (TPSA) is 59.6 Å². The van der Waals surface area contributed by atoms with E-state index in [1.54, 1.807) is 7.11 Å². The average molecular weight is 371 g/mol. The summed E-state index contributed by atoms with van der Waals surface area (Å²) >= 11 is 0. The van der Waals surface area contributed by atoms with Gasteiger partial charge in [0.25, 0.3) is 0 Å². The lowest BCUT2D eigenvalue weighted by molar-refractivity contribution is -0.116. The van der Waals surface area contributed by atoms with Crippen molar-refractivity contribution in [3.05, 3.63) is 18.2 Å². The van der Waals surface area contributed by atoms with Crippen LogP contribution in [0, 0.1) is 5.92 Å². The van der Waals surface area contributed by atoms with Gasteiger partial charge in [-0.1, -0.05) is 13.3 Å². The number of hydrogen-bond donors (Lipinski definition) is 2. The highest BCUT2D eigenvalue weighted by Crippen LogP contribution is 2.30. The Kier molecular flexibility index (Phi) is 10.3. The molecule has 0 saturated carbocycles. The molecule has 25 heavy (non-hydrogen) atoms. The van der Waals surface area contributed by atoms with Crippen molar-refractivity contribution in [3.63, 3.8) is 0 Å². The SMILES string of the molecule is CCCCOc1ccc(OC)cc1NC(=O)CCC1CCNCC1.Cl. The van der Waals surface area contributed by atoms with Crippen LogP contribution in [0.25, 0.3) is 0 Å². The van der Waals surface area contributed by atoms with Crippen molar-refractivity contribution in [3.8, 4) is 11.5 Å². The molecule has 1 aliphatic heterocycles. The number of anilines is 1. The number of carbonyl (C=O) groups excluding carboxylic acids is 1. The van der Waals surface area contributed by atoms with Crippen molar-refractivity contribution < 1.29 is 14.3 Å². The lowest BCUT2D eigenvalue weighted by Gasteiger charge is -2.22. The van der Waals surface area contributed by atoms with E-state index in [0.717, 1.165) is 45.2 Å². The molecule has 1 aliphatic rings. The molecule has 0 aromatic heterocycles. The maximum Gasteiger partial charge on any atom is 0.224 e. The number of piperidine rings is 1. The number of benzene rings is 1. The van der Waals surface area contributed by atoms with Gasteiger partial charge in [0.1, 0.15) is 11.5 Å². The molecule has 0 radical (unpaired) electrons. The second-order valence-corrected chi connectivity index (χ2v) is 6.34. The van der Waals surface area contributed by atoms with Crippen LogP contribution >= 0.6 is 12.4 Å². The minimum Gasteiger partial charge on any atom is -0.497 e. The van der Waals surface area contributed by atoms with E-state index in [0.29, 0.717) is 36.1 Å². The van der Waals surface area contributed by atoms with Crippen LogP contribution in [0.2, 0.25) is 0 Å². The number of hydrogen-bond acceptors (Lipinski definition) is 4. The summed E-state index contributed by atoms with van der Waals surface area (Å²) in [6.45, 7) is 4.91. The molecule has 1 fully saturated rings. The molecular weight excluding hydrogens is 340 g/mol. The van der Waals surface area contributed by atoms with E-state index in [-0.39, 0.29) is 18.3 Å². The summed E-state index contributed by atoms with van der Waals surface area (Å²) in [4.78, 5) is 12.3. The van der Waals surface area contributed by atoms with Crippen LogP contribution in [-0.4, -0.2) is 32.7 Å². The fourth-order valence-electron chi connectivity index (χ4n) is 2.90. The Morgan fingerprint density at radius 2 is 2.08 bits per heavy atom. The monoisotopic (exact) mass is 370 g/mol. The Morgan fingerprint density at radius 3 is 2.76 bits per heavy atom. The van der Waals surface area contributed by atoms with Gasteiger partial charge < -0.3 is 20.1 Å². The molecular formula is C19H31ClN2O3. The molecule has 1 heterocycles. The Bertz CT molecular complexity index is 519. The largest absolute Gasteiger partial charge is 0.497 e. The van der Waals surface area contributed by atoms with Crippen molar-refractivity contribution in [1.82, 2.24) is 5.32 Å². The molecule has 0 atom stereocenters. The number of ether oxygens (including phenoxy) is 2. The van der Waals surface area contributed by atoms with Crippen molar-refractivity contribution in [2.75, 3.05) is 32.1 Å². The van der Waals surface area contributed by atoms with Gasteiger partial charge in [-0.15, -0.1) is 12.4 Å². The third-order valence-electron chi connectivity index (χ3n) is 4.45. The second kappa shape index (κ2) is 12.0. The van der Waals surface area contributed by atoms with Crippen LogP contribution in [0.4, 0.5) is 5.69 Å². The first-order chi connectivity index (χ1) is 11.7. The summed E-state index contributed by atoms with van der Waals surface area (Å²) in [7, 11) is 1.62. The Hall–Kier alpha value is -1.46. The van der Waals surface area contributed by atoms with Crippen LogP contribution in [0.15, 0.2) is 18.2 Å². The predicted octanol–water partition coefficient (Wildman–Crippen LogP) is 4.01. The number of nitrogens with one attached hydrogen (secondary N) is 2. The molecule has 0 aliphatic carbocycles. The summed E-state index contributed by atoms with van der Waals surface area (Å²) in [5.74, 6) is 2.12. The Balaban J connectivity index is 0.00000312. The summed E-state index contributed by atoms with van der Waals surface area (Å²) in [5, 5.41) is 6.35. The van der Waals surface area contributed by atoms with Crippen LogP contribution in [0.1, 0.15) is 45.4 Å². The number of halogens is 1. The van der Waals surface area contributed by atoms with Crippen molar-refractivity contribution >= 4 is 24.0 Å². The third-order valence-corrected chi connectivity index (χ3v) is 4.45. The number of methoxy groups -OCH3 is 1. The third kappa shape index (κ3) is 7.53. The lowest BCUT2D eigenvalue weighted by atomic mass is 9.93. The highest BCUT2D eigenvalue weighted by Gasteiger charge is 2.15. The fourth-order valence-corrected chi connectivity index (χ4v) is 2.90. The number of rotatable bonds is 9. The minimum atomic E-state index is 0. The first-order valence-electron chi connectivity index (χ1n) is 9.04. The summed E-state index contributed by atoms with van der Waals surface area (Å²) in [5.41, 5.74) is 0.695. The fraction of sp³-hybridized carbons (Fsp3) is 0.632. The van der Waals surface area contributed by atoms with Gasteiger partial charge in [0.15, 0.2) is 0 Å². The molecule has 2 rings (SSSR count). The van der Waals surface area contributed by atoms with Gasteiger partial charge >= 0.3 is 0 Å². The van der Waals surface area contributed by atoms with E-state index in [2.05, 4.69) is 17.6 Å². The summed E-state index contributed by atoms with van der Waals surface area (Å²) in [6.07, 6.45) is 5.90. The van der Waals surface area contributed by atoms with Gasteiger partial charge in [-0.05, 0) is 56.8 Å². The zero-order valence-electron chi connectivity index (χ0n) is 15.3. The maximum absolute atomic E-state index is 12.3. The molecule has 0 unspecified atom stereocenters. The first kappa shape index (κ1) is 21.6. The molecule has 142 valence electrons. The molecule has 1 amide bonds. The first-order valence-corrected chi connectivity index (χ1v) is 9.04. The van der Waals surface area contributed by atoms with E-state index < -0.39 is 0 Å². The standard InChI is InChI=1S/C19H30N2O3.ClH/c1-3-4-13-24-18-7-6-16(23-2)14-17(18)21-19(22)8-5-15-9-11-20-12-10-15;/h6-7,14-15,20H,3-5,8-13H2,1-2H3,(H,21,22);1H. The van der Waals surface area contributed by atoms with Crippen LogP contribution in [0.3, 0.4) is 0 Å². The van der Waals surface area contributed by atoms with E-state index in [1.165, 1.54) is 0 Å². The quantitative estimate of drug-likeness (QED) is 0.645. The molecule has 0 spiro atoms. The summed E-state index contributed by atoms with van der Waals surface area (Å²) < 4.78 is 11.1. The van der Waals surface area contributed by atoms with E-state index in [9.17, 15) is 4.79 Å². The molecule has 1 aromatic rings. The number of carbonyl (C=O) groups is 1.